The first-order valence-electron chi connectivity index (χ1n) is 10.6. The highest BCUT2D eigenvalue weighted by Crippen LogP contribution is 2.19. The third kappa shape index (κ3) is 5.49. The second kappa shape index (κ2) is 10.0. The Kier molecular flexibility index (Phi) is 7.20. The van der Waals surface area contributed by atoms with Crippen molar-refractivity contribution in [3.8, 4) is 5.69 Å². The largest absolute Gasteiger partial charge is 0.345 e. The third-order valence-electron chi connectivity index (χ3n) is 4.98. The SMILES string of the molecule is Cc1nn(-c2ccccc2)c(C)c1C(=O)C(=O)NCc1cccc(NC(=O)CC(C)C)c1. The molecule has 0 fully saturated rings. The number of nitrogens with one attached hydrogen (secondary N) is 2. The topological polar surface area (TPSA) is 93.1 Å². The van der Waals surface area contributed by atoms with Crippen molar-refractivity contribution in [3.05, 3.63) is 77.1 Å². The van der Waals surface area contributed by atoms with Gasteiger partial charge in [0.15, 0.2) is 0 Å². The molecular weight excluding hydrogens is 404 g/mol. The van der Waals surface area contributed by atoms with Crippen LogP contribution in [0.2, 0.25) is 0 Å². The number of amides is 2. The fourth-order valence-electron chi connectivity index (χ4n) is 3.51. The van der Waals surface area contributed by atoms with Crippen LogP contribution >= 0.6 is 0 Å². The van der Waals surface area contributed by atoms with Crippen LogP contribution in [0.4, 0.5) is 5.69 Å². The lowest BCUT2D eigenvalue weighted by Gasteiger charge is -2.10. The normalized spacial score (nSPS) is 10.8. The number of para-hydroxylation sites is 1. The summed E-state index contributed by atoms with van der Waals surface area (Å²) in [4.78, 5) is 37.4. The van der Waals surface area contributed by atoms with Gasteiger partial charge in [-0.2, -0.15) is 5.10 Å². The van der Waals surface area contributed by atoms with Gasteiger partial charge in [-0.25, -0.2) is 4.68 Å². The van der Waals surface area contributed by atoms with Crippen LogP contribution in [0.25, 0.3) is 5.69 Å². The van der Waals surface area contributed by atoms with E-state index in [2.05, 4.69) is 15.7 Å². The standard InChI is InChI=1S/C25H28N4O3/c1-16(2)13-22(30)27-20-10-8-9-19(14-20)15-26-25(32)24(31)23-17(3)28-29(18(23)4)21-11-6-5-7-12-21/h5-12,14,16H,13,15H2,1-4H3,(H,26,32)(H,27,30). The molecule has 0 aliphatic carbocycles. The van der Waals surface area contributed by atoms with Crippen LogP contribution in [0.1, 0.15) is 47.6 Å². The number of ketones is 1. The second-order valence-corrected chi connectivity index (χ2v) is 8.15. The summed E-state index contributed by atoms with van der Waals surface area (Å²) in [7, 11) is 0. The Bertz CT molecular complexity index is 1130. The fraction of sp³-hybridized carbons (Fsp3) is 0.280. The molecule has 2 amide bonds. The number of benzene rings is 2. The van der Waals surface area contributed by atoms with Gasteiger partial charge in [-0.3, -0.25) is 14.4 Å². The van der Waals surface area contributed by atoms with E-state index >= 15 is 0 Å². The van der Waals surface area contributed by atoms with Gasteiger partial charge in [-0.05, 0) is 49.6 Å². The summed E-state index contributed by atoms with van der Waals surface area (Å²) < 4.78 is 1.67. The molecule has 0 saturated heterocycles. The van der Waals surface area contributed by atoms with Crippen LogP contribution in [0.3, 0.4) is 0 Å². The monoisotopic (exact) mass is 432 g/mol. The highest BCUT2D eigenvalue weighted by atomic mass is 16.2. The highest BCUT2D eigenvalue weighted by Gasteiger charge is 2.24. The minimum absolute atomic E-state index is 0.0576. The van der Waals surface area contributed by atoms with Crippen LogP contribution in [-0.2, 0) is 16.1 Å². The summed E-state index contributed by atoms with van der Waals surface area (Å²) in [6, 6.07) is 16.7. The minimum Gasteiger partial charge on any atom is -0.345 e. The van der Waals surface area contributed by atoms with Gasteiger partial charge in [0.2, 0.25) is 5.91 Å². The molecular formula is C25H28N4O3. The molecule has 7 heteroatoms. The fourth-order valence-corrected chi connectivity index (χ4v) is 3.51. The van der Waals surface area contributed by atoms with Crippen LogP contribution < -0.4 is 10.6 Å². The number of aromatic nitrogens is 2. The molecule has 3 aromatic rings. The Hall–Kier alpha value is -3.74. The predicted octanol–water partition coefficient (Wildman–Crippen LogP) is 3.97. The Labute approximate surface area is 187 Å². The molecule has 2 aromatic carbocycles. The summed E-state index contributed by atoms with van der Waals surface area (Å²) in [5, 5.41) is 9.97. The Morgan fingerprint density at radius 1 is 1.00 bits per heavy atom. The van der Waals surface area contributed by atoms with E-state index in [9.17, 15) is 14.4 Å². The van der Waals surface area contributed by atoms with Gasteiger partial charge in [0, 0.05) is 18.7 Å². The molecule has 0 atom stereocenters. The number of carbonyl (C=O) groups excluding carboxylic acids is 3. The number of carbonyl (C=O) groups is 3. The van der Waals surface area contributed by atoms with E-state index in [-0.39, 0.29) is 18.4 Å². The van der Waals surface area contributed by atoms with Gasteiger partial charge in [0.05, 0.1) is 22.6 Å². The molecule has 32 heavy (non-hydrogen) atoms. The van der Waals surface area contributed by atoms with Crippen LogP contribution in [-0.4, -0.2) is 27.4 Å². The van der Waals surface area contributed by atoms with E-state index in [0.29, 0.717) is 29.1 Å². The maximum atomic E-state index is 12.8. The molecule has 0 radical (unpaired) electrons. The number of rotatable bonds is 8. The number of aryl methyl sites for hydroxylation is 1. The second-order valence-electron chi connectivity index (χ2n) is 8.15. The Morgan fingerprint density at radius 3 is 2.41 bits per heavy atom. The van der Waals surface area contributed by atoms with Crippen molar-refractivity contribution in [2.75, 3.05) is 5.32 Å². The molecule has 0 aliphatic rings. The summed E-state index contributed by atoms with van der Waals surface area (Å²) in [6.07, 6.45) is 0.435. The lowest BCUT2D eigenvalue weighted by Crippen LogP contribution is -2.31. The molecule has 0 unspecified atom stereocenters. The predicted molar refractivity (Wildman–Crippen MR) is 124 cm³/mol. The zero-order chi connectivity index (χ0) is 23.3. The number of Topliss-reactive ketones (excluding diaryl/α,β-unsaturated/α-hetero) is 1. The van der Waals surface area contributed by atoms with Crippen molar-refractivity contribution < 1.29 is 14.4 Å². The van der Waals surface area contributed by atoms with Gasteiger partial charge in [-0.1, -0.05) is 44.2 Å². The molecule has 2 N–H and O–H groups in total. The summed E-state index contributed by atoms with van der Waals surface area (Å²) in [5.74, 6) is -1.11. The minimum atomic E-state index is -0.696. The molecule has 166 valence electrons. The van der Waals surface area contributed by atoms with Crippen molar-refractivity contribution in [1.29, 1.82) is 0 Å². The molecule has 7 nitrogen and oxygen atoms in total. The van der Waals surface area contributed by atoms with E-state index in [4.69, 9.17) is 0 Å². The molecule has 0 bridgehead atoms. The average molecular weight is 433 g/mol. The number of hydrogen-bond donors (Lipinski definition) is 2. The molecule has 1 aromatic heterocycles. The maximum Gasteiger partial charge on any atom is 0.292 e. The van der Waals surface area contributed by atoms with Crippen LogP contribution in [0.5, 0.6) is 0 Å². The Morgan fingerprint density at radius 2 is 1.72 bits per heavy atom. The van der Waals surface area contributed by atoms with Crippen molar-refractivity contribution in [2.45, 2.75) is 40.7 Å². The van der Waals surface area contributed by atoms with E-state index in [1.165, 1.54) is 0 Å². The lowest BCUT2D eigenvalue weighted by molar-refractivity contribution is -0.117. The molecule has 0 spiro atoms. The van der Waals surface area contributed by atoms with Gasteiger partial charge in [0.25, 0.3) is 11.7 Å². The highest BCUT2D eigenvalue weighted by molar-refractivity contribution is 6.43. The van der Waals surface area contributed by atoms with Gasteiger partial charge in [0.1, 0.15) is 0 Å². The summed E-state index contributed by atoms with van der Waals surface area (Å²) in [6.45, 7) is 7.63. The summed E-state index contributed by atoms with van der Waals surface area (Å²) >= 11 is 0. The van der Waals surface area contributed by atoms with Gasteiger partial charge < -0.3 is 10.6 Å². The first-order chi connectivity index (χ1) is 15.3. The van der Waals surface area contributed by atoms with E-state index < -0.39 is 11.7 Å². The lowest BCUT2D eigenvalue weighted by atomic mass is 10.1. The zero-order valence-electron chi connectivity index (χ0n) is 18.8. The van der Waals surface area contributed by atoms with Crippen LogP contribution in [0.15, 0.2) is 54.6 Å². The Balaban J connectivity index is 1.67. The number of anilines is 1. The van der Waals surface area contributed by atoms with E-state index in [0.717, 1.165) is 11.3 Å². The van der Waals surface area contributed by atoms with Crippen LogP contribution in [0, 0.1) is 19.8 Å². The average Bonchev–Trinajstić information content (AvgIpc) is 3.05. The van der Waals surface area contributed by atoms with Gasteiger partial charge in [-0.15, -0.1) is 0 Å². The summed E-state index contributed by atoms with van der Waals surface area (Å²) in [5.41, 5.74) is 3.68. The smallest absolute Gasteiger partial charge is 0.292 e. The first kappa shape index (κ1) is 22.9. The number of nitrogens with zero attached hydrogens (tertiary/aromatic N) is 2. The molecule has 0 saturated carbocycles. The first-order valence-corrected chi connectivity index (χ1v) is 10.6. The van der Waals surface area contributed by atoms with E-state index in [1.807, 2.05) is 50.2 Å². The van der Waals surface area contributed by atoms with Crippen molar-refractivity contribution >= 4 is 23.3 Å². The van der Waals surface area contributed by atoms with Gasteiger partial charge >= 0.3 is 0 Å². The molecule has 1 heterocycles. The molecule has 0 aliphatic heterocycles. The zero-order valence-corrected chi connectivity index (χ0v) is 18.8. The van der Waals surface area contributed by atoms with Crippen molar-refractivity contribution in [2.24, 2.45) is 5.92 Å². The van der Waals surface area contributed by atoms with Crippen molar-refractivity contribution in [1.82, 2.24) is 15.1 Å². The number of hydrogen-bond acceptors (Lipinski definition) is 4. The third-order valence-corrected chi connectivity index (χ3v) is 4.98. The quantitative estimate of drug-likeness (QED) is 0.416. The maximum absolute atomic E-state index is 12.8. The molecule has 3 rings (SSSR count). The van der Waals surface area contributed by atoms with Crippen molar-refractivity contribution in [3.63, 3.8) is 0 Å². The van der Waals surface area contributed by atoms with E-state index in [1.54, 1.807) is 36.7 Å².